The van der Waals surface area contributed by atoms with Crippen LogP contribution in [0.2, 0.25) is 0 Å². The molecule has 0 aliphatic carbocycles. The van der Waals surface area contributed by atoms with Gasteiger partial charge in [0.1, 0.15) is 5.50 Å². The van der Waals surface area contributed by atoms with Gasteiger partial charge in [0.15, 0.2) is 0 Å². The minimum atomic E-state index is -2.25. The van der Waals surface area contributed by atoms with Crippen LogP contribution in [-0.4, -0.2) is 56.4 Å². The first-order chi connectivity index (χ1) is 10.9. The number of nitrogens with zero attached hydrogens (tertiary/aromatic N) is 2. The van der Waals surface area contributed by atoms with Crippen LogP contribution in [0.25, 0.3) is 0 Å². The van der Waals surface area contributed by atoms with Crippen LogP contribution in [0.15, 0.2) is 29.2 Å². The number of nitrogens with one attached hydrogen (secondary N) is 2. The molecule has 1 aromatic carbocycles. The molecule has 3 unspecified atom stereocenters. The lowest BCUT2D eigenvalue weighted by atomic mass is 10.2. The SMILES string of the molecule is CC1N(C)NC(S)N1CCNC(=O)c1cccc(SS(=O)[O-])c1. The zero-order valence-corrected chi connectivity index (χ0v) is 15.3. The van der Waals surface area contributed by atoms with Gasteiger partial charge in [0.25, 0.3) is 5.91 Å². The molecule has 2 N–H and O–H groups in total. The number of carbonyl (C=O) groups excluding carboxylic acids is 1. The maximum atomic E-state index is 12.1. The molecule has 0 aromatic heterocycles. The molecule has 1 fully saturated rings. The van der Waals surface area contributed by atoms with E-state index < -0.39 is 10.1 Å². The molecule has 0 spiro atoms. The Labute approximate surface area is 147 Å². The van der Waals surface area contributed by atoms with Gasteiger partial charge in [-0.2, -0.15) is 0 Å². The maximum absolute atomic E-state index is 12.1. The van der Waals surface area contributed by atoms with E-state index in [-0.39, 0.29) is 17.6 Å². The summed E-state index contributed by atoms with van der Waals surface area (Å²) in [5.41, 5.74) is 3.51. The summed E-state index contributed by atoms with van der Waals surface area (Å²) in [6.07, 6.45) is 0.182. The molecular formula is C13H19N4O3S3-. The number of amides is 1. The smallest absolute Gasteiger partial charge is 0.251 e. The molecule has 0 radical (unpaired) electrons. The largest absolute Gasteiger partial charge is 0.763 e. The lowest BCUT2D eigenvalue weighted by Crippen LogP contribution is -2.41. The summed E-state index contributed by atoms with van der Waals surface area (Å²) in [6, 6.07) is 6.53. The Kier molecular flexibility index (Phi) is 6.89. The third-order valence-electron chi connectivity index (χ3n) is 3.59. The predicted molar refractivity (Wildman–Crippen MR) is 93.4 cm³/mol. The van der Waals surface area contributed by atoms with Crippen LogP contribution < -0.4 is 10.7 Å². The maximum Gasteiger partial charge on any atom is 0.251 e. The van der Waals surface area contributed by atoms with Crippen LogP contribution >= 0.6 is 23.4 Å². The molecule has 1 amide bonds. The van der Waals surface area contributed by atoms with Gasteiger partial charge in [0.05, 0.1) is 6.17 Å². The van der Waals surface area contributed by atoms with Crippen molar-refractivity contribution in [1.82, 2.24) is 20.7 Å². The standard InChI is InChI=1S/C13H20N4O3S3/c1-9-16(2)15-13(21)17(9)7-6-14-12(18)10-4-3-5-11(8-10)22-23(19)20/h3-5,8-9,13,15,21H,6-7H2,1-2H3,(H,14,18)(H,19,20)/p-1. The van der Waals surface area contributed by atoms with Crippen molar-refractivity contribution in [1.29, 1.82) is 0 Å². The molecule has 3 atom stereocenters. The van der Waals surface area contributed by atoms with Gasteiger partial charge in [-0.15, -0.1) is 12.6 Å². The molecule has 1 aliphatic rings. The van der Waals surface area contributed by atoms with Crippen molar-refractivity contribution in [3.63, 3.8) is 0 Å². The van der Waals surface area contributed by atoms with E-state index in [0.29, 0.717) is 34.3 Å². The Hall–Kier alpha value is -0.620. The molecule has 0 bridgehead atoms. The second kappa shape index (κ2) is 8.47. The fraction of sp³-hybridized carbons (Fsp3) is 0.462. The number of hydrogen-bond acceptors (Lipinski definition) is 8. The van der Waals surface area contributed by atoms with Gasteiger partial charge >= 0.3 is 0 Å². The summed E-state index contributed by atoms with van der Waals surface area (Å²) < 4.78 is 21.4. The third kappa shape index (κ3) is 5.18. The normalized spacial score (nSPS) is 23.8. The third-order valence-corrected chi connectivity index (χ3v) is 5.57. The molecule has 128 valence electrons. The van der Waals surface area contributed by atoms with Crippen molar-refractivity contribution >= 4 is 39.4 Å². The van der Waals surface area contributed by atoms with E-state index in [4.69, 9.17) is 0 Å². The number of hydrazine groups is 1. The van der Waals surface area contributed by atoms with E-state index in [1.54, 1.807) is 24.3 Å². The second-order valence-corrected chi connectivity index (χ2v) is 7.91. The number of rotatable bonds is 6. The van der Waals surface area contributed by atoms with Crippen molar-refractivity contribution in [2.75, 3.05) is 20.1 Å². The van der Waals surface area contributed by atoms with Gasteiger partial charge in [0, 0.05) is 40.7 Å². The molecule has 0 saturated carbocycles. The van der Waals surface area contributed by atoms with Crippen molar-refractivity contribution in [3.05, 3.63) is 29.8 Å². The van der Waals surface area contributed by atoms with Crippen LogP contribution in [0.1, 0.15) is 17.3 Å². The van der Waals surface area contributed by atoms with Crippen molar-refractivity contribution in [2.45, 2.75) is 23.5 Å². The van der Waals surface area contributed by atoms with Crippen molar-refractivity contribution in [3.8, 4) is 0 Å². The first kappa shape index (κ1) is 18.7. The van der Waals surface area contributed by atoms with Crippen LogP contribution in [0.3, 0.4) is 0 Å². The van der Waals surface area contributed by atoms with Gasteiger partial charge in [-0.3, -0.25) is 13.9 Å². The van der Waals surface area contributed by atoms with E-state index in [1.165, 1.54) is 0 Å². The van der Waals surface area contributed by atoms with Gasteiger partial charge in [0.2, 0.25) is 0 Å². The first-order valence-corrected chi connectivity index (χ1v) is 9.89. The van der Waals surface area contributed by atoms with E-state index in [2.05, 4.69) is 35.2 Å². The Morgan fingerprint density at radius 2 is 2.30 bits per heavy atom. The molecule has 7 nitrogen and oxygen atoms in total. The van der Waals surface area contributed by atoms with Gasteiger partial charge in [-0.25, -0.2) is 10.4 Å². The Morgan fingerprint density at radius 1 is 1.57 bits per heavy atom. The Bertz CT molecular complexity index is 589. The van der Waals surface area contributed by atoms with Crippen molar-refractivity contribution < 1.29 is 13.6 Å². The van der Waals surface area contributed by atoms with Crippen LogP contribution in [0, 0.1) is 0 Å². The van der Waals surface area contributed by atoms with Crippen LogP contribution in [-0.2, 0) is 10.1 Å². The molecule has 1 heterocycles. The fourth-order valence-corrected chi connectivity index (χ4v) is 4.01. The summed E-state index contributed by atoms with van der Waals surface area (Å²) in [7, 11) is 0.371. The lowest BCUT2D eigenvalue weighted by molar-refractivity contribution is 0.0941. The van der Waals surface area contributed by atoms with Crippen LogP contribution in [0.4, 0.5) is 0 Å². The number of hydrogen-bond donors (Lipinski definition) is 3. The highest BCUT2D eigenvalue weighted by Crippen LogP contribution is 2.21. The molecule has 1 saturated heterocycles. The minimum Gasteiger partial charge on any atom is -0.763 e. The molecule has 1 aliphatic heterocycles. The lowest BCUT2D eigenvalue weighted by Gasteiger charge is -2.24. The number of carbonyl (C=O) groups is 1. The van der Waals surface area contributed by atoms with E-state index in [1.807, 2.05) is 12.1 Å². The fourth-order valence-electron chi connectivity index (χ4n) is 2.27. The van der Waals surface area contributed by atoms with E-state index in [0.717, 1.165) is 0 Å². The molecule has 2 rings (SSSR count). The monoisotopic (exact) mass is 375 g/mol. The summed E-state index contributed by atoms with van der Waals surface area (Å²) in [6.45, 7) is 3.17. The topological polar surface area (TPSA) is 87.7 Å². The quantitative estimate of drug-likeness (QED) is 0.381. The predicted octanol–water partition coefficient (Wildman–Crippen LogP) is 0.614. The highest BCUT2D eigenvalue weighted by molar-refractivity contribution is 8.67. The first-order valence-electron chi connectivity index (χ1n) is 6.97. The molecule has 23 heavy (non-hydrogen) atoms. The zero-order chi connectivity index (χ0) is 17.0. The van der Waals surface area contributed by atoms with E-state index >= 15 is 0 Å². The summed E-state index contributed by atoms with van der Waals surface area (Å²) in [5.74, 6) is -0.229. The number of benzene rings is 1. The molecule has 10 heteroatoms. The number of thiol groups is 1. The summed E-state index contributed by atoms with van der Waals surface area (Å²) >= 11 is 4.45. The van der Waals surface area contributed by atoms with Crippen LogP contribution in [0.5, 0.6) is 0 Å². The van der Waals surface area contributed by atoms with Gasteiger partial charge in [-0.05, 0) is 35.9 Å². The zero-order valence-electron chi connectivity index (χ0n) is 12.8. The van der Waals surface area contributed by atoms with Crippen molar-refractivity contribution in [2.24, 2.45) is 0 Å². The minimum absolute atomic E-state index is 0.0846. The van der Waals surface area contributed by atoms with Gasteiger partial charge in [-0.1, -0.05) is 6.07 Å². The van der Waals surface area contributed by atoms with E-state index in [9.17, 15) is 13.6 Å². The highest BCUT2D eigenvalue weighted by Gasteiger charge is 2.31. The molecular weight excluding hydrogens is 356 g/mol. The van der Waals surface area contributed by atoms with Gasteiger partial charge < -0.3 is 9.87 Å². The average molecular weight is 376 g/mol. The highest BCUT2D eigenvalue weighted by atomic mass is 33.1. The second-order valence-electron chi connectivity index (χ2n) is 5.05. The summed E-state index contributed by atoms with van der Waals surface area (Å²) in [4.78, 5) is 14.8. The molecule has 1 aromatic rings. The average Bonchev–Trinajstić information content (AvgIpc) is 2.73. The Balaban J connectivity index is 1.86. The Morgan fingerprint density at radius 3 is 2.91 bits per heavy atom. The summed E-state index contributed by atoms with van der Waals surface area (Å²) in [5, 5.41) is 4.80.